The van der Waals surface area contributed by atoms with Gasteiger partial charge in [-0.15, -0.1) is 11.3 Å². The first-order valence-corrected chi connectivity index (χ1v) is 8.01. The van der Waals surface area contributed by atoms with Gasteiger partial charge in [-0.1, -0.05) is 54.6 Å². The summed E-state index contributed by atoms with van der Waals surface area (Å²) >= 11 is 1.82. The fourth-order valence-corrected chi connectivity index (χ4v) is 4.24. The highest BCUT2D eigenvalue weighted by Gasteiger charge is 2.10. The molecule has 0 aliphatic heterocycles. The van der Waals surface area contributed by atoms with Gasteiger partial charge in [-0.2, -0.15) is 0 Å². The lowest BCUT2D eigenvalue weighted by atomic mass is 9.93. The first-order chi connectivity index (χ1) is 10.4. The molecule has 0 N–H and O–H groups in total. The van der Waals surface area contributed by atoms with Gasteiger partial charge in [-0.3, -0.25) is 0 Å². The van der Waals surface area contributed by atoms with Crippen LogP contribution in [0.15, 0.2) is 72.1 Å². The number of hydrogen-bond acceptors (Lipinski definition) is 1. The van der Waals surface area contributed by atoms with Crippen molar-refractivity contribution < 1.29 is 0 Å². The van der Waals surface area contributed by atoms with Crippen LogP contribution >= 0.6 is 11.3 Å². The van der Waals surface area contributed by atoms with Crippen LogP contribution in [0.25, 0.3) is 42.4 Å². The molecule has 98 valence electrons. The third-order valence-corrected chi connectivity index (χ3v) is 5.22. The molecule has 0 radical (unpaired) electrons. The Morgan fingerprint density at radius 3 is 1.76 bits per heavy atom. The third kappa shape index (κ3) is 1.44. The summed E-state index contributed by atoms with van der Waals surface area (Å²) in [4.78, 5) is 0. The van der Waals surface area contributed by atoms with Crippen LogP contribution in [0.5, 0.6) is 0 Å². The molecule has 5 aromatic rings. The van der Waals surface area contributed by atoms with Crippen LogP contribution in [-0.2, 0) is 0 Å². The van der Waals surface area contributed by atoms with Crippen molar-refractivity contribution in [2.45, 2.75) is 0 Å². The average molecular weight is 284 g/mol. The number of rotatable bonds is 0. The molecule has 0 spiro atoms. The molecule has 0 fully saturated rings. The Morgan fingerprint density at radius 2 is 1.05 bits per heavy atom. The summed E-state index contributed by atoms with van der Waals surface area (Å²) in [6.45, 7) is 0. The predicted octanol–water partition coefficient (Wildman–Crippen LogP) is 6.36. The molecule has 0 saturated heterocycles. The quantitative estimate of drug-likeness (QED) is 0.290. The van der Waals surface area contributed by atoms with E-state index in [0.717, 1.165) is 0 Å². The van der Waals surface area contributed by atoms with Gasteiger partial charge < -0.3 is 0 Å². The molecule has 21 heavy (non-hydrogen) atoms. The van der Waals surface area contributed by atoms with E-state index in [1.54, 1.807) is 0 Å². The van der Waals surface area contributed by atoms with Gasteiger partial charge >= 0.3 is 0 Å². The Hall–Kier alpha value is -2.38. The highest BCUT2D eigenvalue weighted by molar-refractivity contribution is 7.17. The molecular formula is C20H12S. The highest BCUT2D eigenvalue weighted by atomic mass is 32.1. The van der Waals surface area contributed by atoms with E-state index in [1.807, 2.05) is 11.3 Å². The summed E-state index contributed by atoms with van der Waals surface area (Å²) in [5.41, 5.74) is 0. The molecule has 0 bridgehead atoms. The van der Waals surface area contributed by atoms with E-state index in [2.05, 4.69) is 72.1 Å². The van der Waals surface area contributed by atoms with Crippen molar-refractivity contribution in [2.24, 2.45) is 0 Å². The monoisotopic (exact) mass is 284 g/mol. The van der Waals surface area contributed by atoms with Gasteiger partial charge in [-0.05, 0) is 49.8 Å². The fourth-order valence-electron chi connectivity index (χ4n) is 3.45. The fraction of sp³-hybridized carbons (Fsp3) is 0. The summed E-state index contributed by atoms with van der Waals surface area (Å²) in [7, 11) is 0. The molecule has 0 nitrogen and oxygen atoms in total. The van der Waals surface area contributed by atoms with Crippen LogP contribution in [0.3, 0.4) is 0 Å². The maximum absolute atomic E-state index is 2.28. The third-order valence-electron chi connectivity index (χ3n) is 4.34. The number of benzene rings is 4. The number of fused-ring (bicyclic) bond motifs is 8. The van der Waals surface area contributed by atoms with Crippen LogP contribution in [0.4, 0.5) is 0 Å². The zero-order valence-corrected chi connectivity index (χ0v) is 12.2. The van der Waals surface area contributed by atoms with Crippen LogP contribution < -0.4 is 0 Å². The van der Waals surface area contributed by atoms with Crippen LogP contribution in [-0.4, -0.2) is 0 Å². The van der Waals surface area contributed by atoms with Crippen molar-refractivity contribution in [3.05, 3.63) is 72.1 Å². The summed E-state index contributed by atoms with van der Waals surface area (Å²) in [6, 6.07) is 24.3. The minimum atomic E-state index is 1.34. The van der Waals surface area contributed by atoms with Crippen LogP contribution in [0, 0.1) is 0 Å². The molecule has 0 aliphatic rings. The molecule has 0 unspecified atom stereocenters. The minimum Gasteiger partial charge on any atom is -0.144 e. The van der Waals surface area contributed by atoms with E-state index in [4.69, 9.17) is 0 Å². The second-order valence-corrected chi connectivity index (χ2v) is 6.36. The Bertz CT molecular complexity index is 1100. The molecule has 0 amide bonds. The molecule has 0 aliphatic carbocycles. The molecule has 1 heterocycles. The van der Waals surface area contributed by atoms with Crippen molar-refractivity contribution in [3.63, 3.8) is 0 Å². The molecule has 0 saturated carbocycles. The maximum Gasteiger partial charge on any atom is 0.0349 e. The summed E-state index contributed by atoms with van der Waals surface area (Å²) in [5.74, 6) is 0. The van der Waals surface area contributed by atoms with E-state index in [9.17, 15) is 0 Å². The molecule has 5 rings (SSSR count). The summed E-state index contributed by atoms with van der Waals surface area (Å²) in [5, 5.41) is 11.7. The number of thiophene rings is 1. The van der Waals surface area contributed by atoms with Gasteiger partial charge in [0.2, 0.25) is 0 Å². The lowest BCUT2D eigenvalue weighted by molar-refractivity contribution is 1.80. The molecule has 1 aromatic heterocycles. The van der Waals surface area contributed by atoms with E-state index >= 15 is 0 Å². The molecule has 1 heteroatoms. The first-order valence-electron chi connectivity index (χ1n) is 7.13. The van der Waals surface area contributed by atoms with E-state index in [1.165, 1.54) is 42.4 Å². The smallest absolute Gasteiger partial charge is 0.0349 e. The van der Waals surface area contributed by atoms with E-state index in [-0.39, 0.29) is 0 Å². The van der Waals surface area contributed by atoms with Gasteiger partial charge in [0, 0.05) is 10.1 Å². The molecule has 4 aromatic carbocycles. The summed E-state index contributed by atoms with van der Waals surface area (Å²) < 4.78 is 1.36. The Balaban J connectivity index is 2.26. The second kappa shape index (κ2) is 4.06. The van der Waals surface area contributed by atoms with Gasteiger partial charge in [0.25, 0.3) is 0 Å². The van der Waals surface area contributed by atoms with Crippen LogP contribution in [0.2, 0.25) is 0 Å². The predicted molar refractivity (Wildman–Crippen MR) is 94.3 cm³/mol. The van der Waals surface area contributed by atoms with Crippen molar-refractivity contribution in [2.75, 3.05) is 0 Å². The SMILES string of the molecule is c1ccc2c(c1)c1ccccc1c1c3ccsc3ccc21. The van der Waals surface area contributed by atoms with Gasteiger partial charge in [0.1, 0.15) is 0 Å². The Kier molecular flexibility index (Phi) is 2.18. The topological polar surface area (TPSA) is 0 Å². The van der Waals surface area contributed by atoms with Gasteiger partial charge in [0.15, 0.2) is 0 Å². The highest BCUT2D eigenvalue weighted by Crippen LogP contribution is 2.39. The normalized spacial score (nSPS) is 11.8. The average Bonchev–Trinajstić information content (AvgIpc) is 3.03. The lowest BCUT2D eigenvalue weighted by Gasteiger charge is -2.11. The summed E-state index contributed by atoms with van der Waals surface area (Å²) in [6.07, 6.45) is 0. The standard InChI is InChI=1S/C20H12S/c1-2-7-15-13(5-1)14-6-3-4-8-16(14)20-17(15)9-10-19-18(20)11-12-21-19/h1-12H. The van der Waals surface area contributed by atoms with Crippen molar-refractivity contribution >= 4 is 53.7 Å². The van der Waals surface area contributed by atoms with E-state index in [0.29, 0.717) is 0 Å². The van der Waals surface area contributed by atoms with Crippen LogP contribution in [0.1, 0.15) is 0 Å². The minimum absolute atomic E-state index is 1.34. The van der Waals surface area contributed by atoms with Gasteiger partial charge in [0.05, 0.1) is 0 Å². The van der Waals surface area contributed by atoms with Gasteiger partial charge in [-0.25, -0.2) is 0 Å². The zero-order valence-electron chi connectivity index (χ0n) is 11.3. The largest absolute Gasteiger partial charge is 0.144 e. The van der Waals surface area contributed by atoms with Crippen molar-refractivity contribution in [1.29, 1.82) is 0 Å². The van der Waals surface area contributed by atoms with Crippen molar-refractivity contribution in [3.8, 4) is 0 Å². The second-order valence-electron chi connectivity index (χ2n) is 5.41. The van der Waals surface area contributed by atoms with Crippen molar-refractivity contribution in [1.82, 2.24) is 0 Å². The first kappa shape index (κ1) is 11.3. The Morgan fingerprint density at radius 1 is 0.476 bits per heavy atom. The molecular weight excluding hydrogens is 272 g/mol. The lowest BCUT2D eigenvalue weighted by Crippen LogP contribution is -1.83. The number of hydrogen-bond donors (Lipinski definition) is 0. The maximum atomic E-state index is 2.28. The zero-order chi connectivity index (χ0) is 13.8. The Labute approximate surface area is 126 Å². The molecule has 0 atom stereocenters. The van der Waals surface area contributed by atoms with E-state index < -0.39 is 0 Å².